The van der Waals surface area contributed by atoms with E-state index in [2.05, 4.69) is 21.1 Å². The van der Waals surface area contributed by atoms with Crippen LogP contribution in [0.5, 0.6) is 0 Å². The van der Waals surface area contributed by atoms with Crippen molar-refractivity contribution in [3.05, 3.63) is 34.1 Å². The number of benzene rings is 1. The fourth-order valence-corrected chi connectivity index (χ4v) is 2.59. The smallest absolute Gasteiger partial charge is 0.254 e. The van der Waals surface area contributed by atoms with Crippen molar-refractivity contribution in [2.24, 2.45) is 10.9 Å². The molecular weight excluding hydrogens is 329 g/mol. The molecule has 0 aromatic heterocycles. The normalized spacial score (nSPS) is 20.0. The van der Waals surface area contributed by atoms with E-state index in [9.17, 15) is 9.18 Å². The van der Waals surface area contributed by atoms with Crippen molar-refractivity contribution in [1.29, 1.82) is 0 Å². The van der Waals surface area contributed by atoms with Gasteiger partial charge in [0, 0.05) is 12.1 Å². The summed E-state index contributed by atoms with van der Waals surface area (Å²) in [6.45, 7) is 0.511. The van der Waals surface area contributed by atoms with E-state index in [1.807, 2.05) is 0 Å². The topological polar surface area (TPSA) is 78.9 Å². The average Bonchev–Trinajstić information content (AvgIpc) is 2.48. The van der Waals surface area contributed by atoms with Crippen LogP contribution in [0.3, 0.4) is 0 Å². The second-order valence-corrected chi connectivity index (χ2v) is 5.52. The highest BCUT2D eigenvalue weighted by Crippen LogP contribution is 2.22. The Bertz CT molecular complexity index is 550. The second kappa shape index (κ2) is 6.21. The Labute approximate surface area is 124 Å². The van der Waals surface area contributed by atoms with Gasteiger partial charge in [-0.25, -0.2) is 4.39 Å². The molecule has 0 aliphatic carbocycles. The molecule has 0 radical (unpaired) electrons. The van der Waals surface area contributed by atoms with Crippen molar-refractivity contribution in [3.63, 3.8) is 0 Å². The lowest BCUT2D eigenvalue weighted by Gasteiger charge is -2.34. The maximum atomic E-state index is 13.5. The van der Waals surface area contributed by atoms with Crippen LogP contribution in [-0.4, -0.2) is 34.4 Å². The Morgan fingerprint density at radius 1 is 1.50 bits per heavy atom. The van der Waals surface area contributed by atoms with E-state index in [4.69, 9.17) is 10.9 Å². The molecule has 5 nitrogen and oxygen atoms in total. The maximum Gasteiger partial charge on any atom is 0.254 e. The molecule has 1 aliphatic rings. The van der Waals surface area contributed by atoms with Crippen LogP contribution in [-0.2, 0) is 0 Å². The number of oxime groups is 1. The Hall–Kier alpha value is -1.63. The predicted molar refractivity (Wildman–Crippen MR) is 76.2 cm³/mol. The van der Waals surface area contributed by atoms with Crippen LogP contribution in [0, 0.1) is 5.82 Å². The maximum absolute atomic E-state index is 13.5. The van der Waals surface area contributed by atoms with E-state index in [1.54, 1.807) is 6.07 Å². The molecule has 1 aromatic rings. The number of halogens is 2. The number of hydrogen-bond acceptors (Lipinski definition) is 3. The third-order valence-corrected chi connectivity index (χ3v) is 4.03. The van der Waals surface area contributed by atoms with Gasteiger partial charge in [-0.3, -0.25) is 4.79 Å². The minimum atomic E-state index is -0.492. The molecule has 1 aromatic carbocycles. The van der Waals surface area contributed by atoms with Crippen LogP contribution in [0.1, 0.15) is 29.6 Å². The van der Waals surface area contributed by atoms with Gasteiger partial charge in [-0.15, -0.1) is 0 Å². The lowest BCUT2D eigenvalue weighted by Crippen LogP contribution is -2.50. The summed E-state index contributed by atoms with van der Waals surface area (Å²) < 4.78 is 13.8. The standard InChI is InChI=1S/C13H15BrFN3O2/c14-9-5-4-8(7-10(9)15)13(19)18-6-2-1-3-11(18)12(16)17-20/h4-5,7,11,20H,1-3,6H2,(H2,16,17). The molecule has 1 unspecified atom stereocenters. The van der Waals surface area contributed by atoms with Gasteiger partial charge in [0.2, 0.25) is 0 Å². The highest BCUT2D eigenvalue weighted by molar-refractivity contribution is 9.10. The van der Waals surface area contributed by atoms with E-state index in [-0.39, 0.29) is 17.3 Å². The number of amidine groups is 1. The minimum Gasteiger partial charge on any atom is -0.409 e. The average molecular weight is 344 g/mol. The third kappa shape index (κ3) is 2.92. The first-order chi connectivity index (χ1) is 9.54. The Balaban J connectivity index is 2.27. The molecule has 7 heteroatoms. The van der Waals surface area contributed by atoms with Crippen molar-refractivity contribution in [3.8, 4) is 0 Å². The third-order valence-electron chi connectivity index (χ3n) is 3.39. The summed E-state index contributed by atoms with van der Waals surface area (Å²) in [5, 5.41) is 11.8. The Morgan fingerprint density at radius 3 is 2.90 bits per heavy atom. The molecule has 1 amide bonds. The monoisotopic (exact) mass is 343 g/mol. The van der Waals surface area contributed by atoms with Gasteiger partial charge in [-0.1, -0.05) is 5.16 Å². The molecule has 3 N–H and O–H groups in total. The van der Waals surface area contributed by atoms with Gasteiger partial charge in [0.15, 0.2) is 5.84 Å². The summed E-state index contributed by atoms with van der Waals surface area (Å²) in [7, 11) is 0. The van der Waals surface area contributed by atoms with Gasteiger partial charge in [0.25, 0.3) is 5.91 Å². The van der Waals surface area contributed by atoms with Crippen molar-refractivity contribution in [1.82, 2.24) is 4.90 Å². The molecule has 1 heterocycles. The fraction of sp³-hybridized carbons (Fsp3) is 0.385. The van der Waals surface area contributed by atoms with E-state index >= 15 is 0 Å². The molecule has 2 rings (SSSR count). The first-order valence-electron chi connectivity index (χ1n) is 6.28. The van der Waals surface area contributed by atoms with Gasteiger partial charge in [-0.05, 0) is 53.4 Å². The summed E-state index contributed by atoms with van der Waals surface area (Å²) in [5.41, 5.74) is 5.89. The SMILES string of the molecule is NC(=NO)C1CCCCN1C(=O)c1ccc(Br)c(F)c1. The number of carbonyl (C=O) groups excluding carboxylic acids is 1. The van der Waals surface area contributed by atoms with E-state index in [0.717, 1.165) is 12.8 Å². The molecule has 0 saturated carbocycles. The molecule has 1 fully saturated rings. The number of carbonyl (C=O) groups is 1. The largest absolute Gasteiger partial charge is 0.409 e. The number of likely N-dealkylation sites (tertiary alicyclic amines) is 1. The van der Waals surface area contributed by atoms with Crippen LogP contribution in [0.15, 0.2) is 27.8 Å². The first kappa shape index (κ1) is 14.8. The first-order valence-corrected chi connectivity index (χ1v) is 7.07. The van der Waals surface area contributed by atoms with Crippen LogP contribution in [0.2, 0.25) is 0 Å². The van der Waals surface area contributed by atoms with Crippen molar-refractivity contribution in [2.75, 3.05) is 6.54 Å². The fourth-order valence-electron chi connectivity index (χ4n) is 2.34. The number of piperidine rings is 1. The van der Waals surface area contributed by atoms with E-state index < -0.39 is 11.9 Å². The number of nitrogens with zero attached hydrogens (tertiary/aromatic N) is 2. The lowest BCUT2D eigenvalue weighted by atomic mass is 10.00. The van der Waals surface area contributed by atoms with Crippen LogP contribution in [0.25, 0.3) is 0 Å². The highest BCUT2D eigenvalue weighted by atomic mass is 79.9. The minimum absolute atomic E-state index is 0.00985. The summed E-state index contributed by atoms with van der Waals surface area (Å²) >= 11 is 3.05. The molecule has 1 saturated heterocycles. The van der Waals surface area contributed by atoms with Gasteiger partial charge in [0.1, 0.15) is 5.82 Å². The molecular formula is C13H15BrFN3O2. The van der Waals surface area contributed by atoms with E-state index in [1.165, 1.54) is 17.0 Å². The van der Waals surface area contributed by atoms with Crippen LogP contribution in [0.4, 0.5) is 4.39 Å². The molecule has 1 atom stereocenters. The molecule has 0 bridgehead atoms. The van der Waals surface area contributed by atoms with Gasteiger partial charge >= 0.3 is 0 Å². The lowest BCUT2D eigenvalue weighted by molar-refractivity contribution is 0.0676. The molecule has 20 heavy (non-hydrogen) atoms. The highest BCUT2D eigenvalue weighted by Gasteiger charge is 2.30. The van der Waals surface area contributed by atoms with Gasteiger partial charge < -0.3 is 15.8 Å². The Kier molecular flexibility index (Phi) is 4.59. The van der Waals surface area contributed by atoms with Gasteiger partial charge in [0.05, 0.1) is 10.5 Å². The van der Waals surface area contributed by atoms with Crippen molar-refractivity contribution >= 4 is 27.7 Å². The Morgan fingerprint density at radius 2 is 2.25 bits per heavy atom. The summed E-state index contributed by atoms with van der Waals surface area (Å²) in [4.78, 5) is 14.0. The predicted octanol–water partition coefficient (Wildman–Crippen LogP) is 2.33. The van der Waals surface area contributed by atoms with Gasteiger partial charge in [-0.2, -0.15) is 0 Å². The van der Waals surface area contributed by atoms with E-state index in [0.29, 0.717) is 17.4 Å². The van der Waals surface area contributed by atoms with Crippen molar-refractivity contribution < 1.29 is 14.4 Å². The zero-order valence-corrected chi connectivity index (χ0v) is 12.3. The van der Waals surface area contributed by atoms with Crippen LogP contribution >= 0.6 is 15.9 Å². The molecule has 0 spiro atoms. The zero-order chi connectivity index (χ0) is 14.7. The summed E-state index contributed by atoms with van der Waals surface area (Å²) in [6, 6.07) is 3.79. The molecule has 108 valence electrons. The number of nitrogens with two attached hydrogens (primary N) is 1. The summed E-state index contributed by atoms with van der Waals surface area (Å²) in [5.74, 6) is -0.795. The van der Waals surface area contributed by atoms with Crippen molar-refractivity contribution in [2.45, 2.75) is 25.3 Å². The summed E-state index contributed by atoms with van der Waals surface area (Å²) in [6.07, 6.45) is 2.39. The quantitative estimate of drug-likeness (QED) is 0.374. The zero-order valence-electron chi connectivity index (χ0n) is 10.7. The van der Waals surface area contributed by atoms with Crippen LogP contribution < -0.4 is 5.73 Å². The second-order valence-electron chi connectivity index (χ2n) is 4.66. The number of rotatable bonds is 2. The number of hydrogen-bond donors (Lipinski definition) is 2. The molecule has 1 aliphatic heterocycles. The number of amides is 1.